The Morgan fingerprint density at radius 1 is 0.975 bits per heavy atom. The molecule has 1 N–H and O–H groups in total. The van der Waals surface area contributed by atoms with Crippen LogP contribution in [0.1, 0.15) is 36.5 Å². The molecular weight excluding hydrogens is 523 g/mol. The van der Waals surface area contributed by atoms with Gasteiger partial charge >= 0.3 is 0 Å². The molecule has 0 radical (unpaired) electrons. The lowest BCUT2D eigenvalue weighted by Gasteiger charge is -2.31. The van der Waals surface area contributed by atoms with Gasteiger partial charge in [0.25, 0.3) is 5.91 Å². The van der Waals surface area contributed by atoms with Crippen LogP contribution in [0.25, 0.3) is 0 Å². The lowest BCUT2D eigenvalue weighted by molar-refractivity contribution is -0.146. The number of amides is 2. The summed E-state index contributed by atoms with van der Waals surface area (Å²) in [7, 11) is -3.22. The summed E-state index contributed by atoms with van der Waals surface area (Å²) in [6, 6.07) is 23.4. The summed E-state index contributed by atoms with van der Waals surface area (Å²) in [5.74, 6) is -0.494. The Hall–Kier alpha value is -3.33. The van der Waals surface area contributed by atoms with Gasteiger partial charge < -0.3 is 18.9 Å². The van der Waals surface area contributed by atoms with Crippen LogP contribution < -0.4 is 9.80 Å². The Balaban J connectivity index is 1.32. The molecule has 3 heterocycles. The topological polar surface area (TPSA) is 70.1 Å². The van der Waals surface area contributed by atoms with E-state index in [9.17, 15) is 14.7 Å². The molecule has 0 bridgehead atoms. The highest BCUT2D eigenvalue weighted by molar-refractivity contribution is 6.72. The van der Waals surface area contributed by atoms with Gasteiger partial charge in [-0.25, -0.2) is 0 Å². The molecule has 2 amide bonds. The van der Waals surface area contributed by atoms with Crippen LogP contribution in [-0.4, -0.2) is 38.0 Å². The van der Waals surface area contributed by atoms with Gasteiger partial charge in [0, 0.05) is 35.7 Å². The molecular formula is C32H35FN2O4Si. The molecule has 1 fully saturated rings. The van der Waals surface area contributed by atoms with E-state index >= 15 is 4.11 Å². The van der Waals surface area contributed by atoms with E-state index in [2.05, 4.69) is 6.07 Å². The Kier molecular flexibility index (Phi) is 6.68. The minimum absolute atomic E-state index is 0.0655. The monoisotopic (exact) mass is 558 g/mol. The maximum absolute atomic E-state index is 15.6. The predicted octanol–water partition coefficient (Wildman–Crippen LogP) is 6.00. The summed E-state index contributed by atoms with van der Waals surface area (Å²) >= 11 is 0. The number of anilines is 3. The quantitative estimate of drug-likeness (QED) is 0.298. The first kappa shape index (κ1) is 26.9. The molecule has 3 aliphatic heterocycles. The minimum atomic E-state index is -3.22. The number of aryl methyl sites for hydroxylation is 1. The first-order valence-electron chi connectivity index (χ1n) is 14.1. The maximum Gasteiger partial charge on any atom is 0.264 e. The van der Waals surface area contributed by atoms with Gasteiger partial charge in [0.05, 0.1) is 24.0 Å². The number of nitrogens with zero attached hydrogens (tertiary/aromatic N) is 2. The zero-order valence-corrected chi connectivity index (χ0v) is 24.1. The van der Waals surface area contributed by atoms with Crippen LogP contribution in [0.3, 0.4) is 0 Å². The molecule has 1 saturated heterocycles. The highest BCUT2D eigenvalue weighted by Crippen LogP contribution is 2.60. The number of fused-ring (bicyclic) bond motifs is 3. The number of para-hydroxylation sites is 2. The lowest BCUT2D eigenvalue weighted by Crippen LogP contribution is -2.45. The Morgan fingerprint density at radius 2 is 1.65 bits per heavy atom. The van der Waals surface area contributed by atoms with Crippen molar-refractivity contribution in [2.75, 3.05) is 16.4 Å². The molecule has 3 aliphatic rings. The standard InChI is InChI=1S/C32H35FN2O4Si/c1-21-30(40(2,3)33)28(18-19-36)39-32(21)25-9-5-7-11-27(25)34(31(32)38)20-22-12-15-24(16-13-22)35-26-10-6-4-8-23(26)14-17-29(35)37/h4-13,15-16,21,28,30,36H,14,17-20H2,1-3H3/t21-,28+,30-,32+/m0/s1. The summed E-state index contributed by atoms with van der Waals surface area (Å²) < 4.78 is 22.2. The fourth-order valence-corrected chi connectivity index (χ4v) is 9.74. The third kappa shape index (κ3) is 4.12. The van der Waals surface area contributed by atoms with E-state index in [-0.39, 0.29) is 24.3 Å². The van der Waals surface area contributed by atoms with Crippen molar-refractivity contribution >= 4 is 37.3 Å². The summed E-state index contributed by atoms with van der Waals surface area (Å²) in [6.07, 6.45) is 0.985. The summed E-state index contributed by atoms with van der Waals surface area (Å²) in [5, 5.41) is 9.72. The minimum Gasteiger partial charge on any atom is -0.396 e. The number of aliphatic hydroxyl groups is 1. The zero-order chi connectivity index (χ0) is 28.2. The SMILES string of the molecule is C[C@H]1[C@H]([Si](C)(C)F)[C@@H](CCO)O[C@]12C(=O)N(Cc1ccc(N3C(=O)CCc4ccccc43)cc1)c1ccccc12. The van der Waals surface area contributed by atoms with Crippen molar-refractivity contribution in [3.8, 4) is 0 Å². The second-order valence-corrected chi connectivity index (χ2v) is 15.5. The van der Waals surface area contributed by atoms with E-state index in [1.54, 1.807) is 22.9 Å². The molecule has 3 aromatic carbocycles. The van der Waals surface area contributed by atoms with Crippen molar-refractivity contribution in [2.24, 2.45) is 5.92 Å². The second-order valence-electron chi connectivity index (χ2n) is 11.7. The lowest BCUT2D eigenvalue weighted by atomic mass is 9.82. The van der Waals surface area contributed by atoms with Crippen LogP contribution in [0.4, 0.5) is 21.2 Å². The van der Waals surface area contributed by atoms with E-state index in [0.717, 1.165) is 40.2 Å². The summed E-state index contributed by atoms with van der Waals surface area (Å²) in [4.78, 5) is 30.7. The van der Waals surface area contributed by atoms with E-state index in [4.69, 9.17) is 4.74 Å². The Labute approximate surface area is 235 Å². The van der Waals surface area contributed by atoms with Crippen LogP contribution in [0.5, 0.6) is 0 Å². The van der Waals surface area contributed by atoms with Gasteiger partial charge in [0.2, 0.25) is 14.3 Å². The van der Waals surface area contributed by atoms with E-state index in [1.165, 1.54) is 0 Å². The van der Waals surface area contributed by atoms with Crippen molar-refractivity contribution in [3.05, 3.63) is 89.5 Å². The van der Waals surface area contributed by atoms with Gasteiger partial charge in [-0.3, -0.25) is 14.5 Å². The van der Waals surface area contributed by atoms with Crippen LogP contribution >= 0.6 is 0 Å². The first-order valence-corrected chi connectivity index (χ1v) is 17.0. The molecule has 0 saturated carbocycles. The third-order valence-corrected chi connectivity index (χ3v) is 11.4. The average Bonchev–Trinajstić information content (AvgIpc) is 3.36. The van der Waals surface area contributed by atoms with Gasteiger partial charge in [-0.1, -0.05) is 55.5 Å². The molecule has 208 valence electrons. The van der Waals surface area contributed by atoms with Gasteiger partial charge in [-0.2, -0.15) is 0 Å². The number of benzene rings is 3. The molecule has 6 rings (SSSR count). The summed E-state index contributed by atoms with van der Waals surface area (Å²) in [5.41, 5.74) is 3.62. The normalized spacial score (nSPS) is 26.0. The van der Waals surface area contributed by atoms with Crippen molar-refractivity contribution in [2.45, 2.75) is 63.1 Å². The number of carbonyl (C=O) groups is 2. The van der Waals surface area contributed by atoms with E-state index < -0.39 is 25.7 Å². The number of aliphatic hydroxyl groups excluding tert-OH is 1. The maximum atomic E-state index is 15.6. The van der Waals surface area contributed by atoms with Gasteiger partial charge in [-0.05, 0) is 61.3 Å². The first-order chi connectivity index (χ1) is 19.2. The molecule has 1 spiro atoms. The van der Waals surface area contributed by atoms with Crippen molar-refractivity contribution in [1.29, 1.82) is 0 Å². The highest BCUT2D eigenvalue weighted by atomic mass is 28.4. The van der Waals surface area contributed by atoms with Crippen molar-refractivity contribution in [1.82, 2.24) is 0 Å². The zero-order valence-electron chi connectivity index (χ0n) is 23.1. The summed E-state index contributed by atoms with van der Waals surface area (Å²) in [6.45, 7) is 5.46. The Morgan fingerprint density at radius 3 is 2.35 bits per heavy atom. The van der Waals surface area contributed by atoms with Crippen LogP contribution in [0, 0.1) is 5.92 Å². The highest BCUT2D eigenvalue weighted by Gasteiger charge is 2.66. The molecule has 3 aromatic rings. The van der Waals surface area contributed by atoms with Crippen molar-refractivity contribution in [3.63, 3.8) is 0 Å². The van der Waals surface area contributed by atoms with Gasteiger partial charge in [0.1, 0.15) is 0 Å². The van der Waals surface area contributed by atoms with Gasteiger partial charge in [0.15, 0.2) is 5.60 Å². The molecule has 6 nitrogen and oxygen atoms in total. The molecule has 0 aromatic heterocycles. The fourth-order valence-electron chi connectivity index (χ4n) is 7.20. The number of hydrogen-bond acceptors (Lipinski definition) is 4. The third-order valence-electron chi connectivity index (χ3n) is 8.91. The van der Waals surface area contributed by atoms with Crippen LogP contribution in [-0.2, 0) is 32.9 Å². The Bertz CT molecular complexity index is 1460. The molecule has 0 unspecified atom stereocenters. The average molecular weight is 559 g/mol. The smallest absolute Gasteiger partial charge is 0.264 e. The van der Waals surface area contributed by atoms with E-state index in [0.29, 0.717) is 19.4 Å². The number of halogens is 1. The number of ether oxygens (including phenoxy) is 1. The predicted molar refractivity (Wildman–Crippen MR) is 156 cm³/mol. The molecule has 40 heavy (non-hydrogen) atoms. The van der Waals surface area contributed by atoms with E-state index in [1.807, 2.05) is 73.7 Å². The van der Waals surface area contributed by atoms with Gasteiger partial charge in [-0.15, -0.1) is 0 Å². The fraction of sp³-hybridized carbons (Fsp3) is 0.375. The van der Waals surface area contributed by atoms with Crippen molar-refractivity contribution < 1.29 is 23.5 Å². The molecule has 0 aliphatic carbocycles. The second kappa shape index (κ2) is 9.94. The number of rotatable bonds is 6. The van der Waals surface area contributed by atoms with Crippen LogP contribution in [0.15, 0.2) is 72.8 Å². The number of hydrogen-bond donors (Lipinski definition) is 1. The largest absolute Gasteiger partial charge is 0.396 e. The molecule has 8 heteroatoms. The number of carbonyl (C=O) groups excluding carboxylic acids is 2. The van der Waals surface area contributed by atoms with Crippen LogP contribution in [0.2, 0.25) is 18.6 Å². The molecule has 4 atom stereocenters.